The zero-order chi connectivity index (χ0) is 7.15. The van der Waals surface area contributed by atoms with Crippen LogP contribution >= 0.6 is 0 Å². The molecule has 0 atom stereocenters. The molecule has 10 heavy (non-hydrogen) atoms. The SMILES string of the molecule is CC(C)O.O=S([O-])[O-].[Na+].[Na+]. The van der Waals surface area contributed by atoms with Gasteiger partial charge in [0.15, 0.2) is 0 Å². The molecule has 0 heterocycles. The van der Waals surface area contributed by atoms with E-state index < -0.39 is 11.4 Å². The first-order chi connectivity index (χ1) is 3.46. The van der Waals surface area contributed by atoms with Gasteiger partial charge in [0.25, 0.3) is 0 Å². The van der Waals surface area contributed by atoms with Gasteiger partial charge in [-0.2, -0.15) is 0 Å². The van der Waals surface area contributed by atoms with Gasteiger partial charge in [0, 0.05) is 6.10 Å². The molecule has 52 valence electrons. The molecule has 0 aromatic rings. The Hall–Kier alpha value is 2.03. The molecular formula is C3H8Na2O4S. The average Bonchev–Trinajstić information content (AvgIpc) is 1.25. The van der Waals surface area contributed by atoms with E-state index >= 15 is 0 Å². The van der Waals surface area contributed by atoms with Gasteiger partial charge >= 0.3 is 59.1 Å². The van der Waals surface area contributed by atoms with Gasteiger partial charge < -0.3 is 14.2 Å². The maximum absolute atomic E-state index is 8.44. The molecule has 7 heteroatoms. The van der Waals surface area contributed by atoms with Crippen molar-refractivity contribution >= 4 is 11.4 Å². The monoisotopic (exact) mass is 186 g/mol. The average molecular weight is 186 g/mol. The van der Waals surface area contributed by atoms with Crippen molar-refractivity contribution in [1.82, 2.24) is 0 Å². The van der Waals surface area contributed by atoms with E-state index in [0.717, 1.165) is 0 Å². The molecule has 0 aliphatic rings. The first-order valence-corrected chi connectivity index (χ1v) is 2.91. The van der Waals surface area contributed by atoms with Gasteiger partial charge in [0.2, 0.25) is 0 Å². The third-order valence-electron chi connectivity index (χ3n) is 0. The summed E-state index contributed by atoms with van der Waals surface area (Å²) in [5, 5.41) is 8.06. The largest absolute Gasteiger partial charge is 1.00 e. The van der Waals surface area contributed by atoms with Crippen molar-refractivity contribution in [3.05, 3.63) is 0 Å². The van der Waals surface area contributed by atoms with Crippen LogP contribution in [0.4, 0.5) is 0 Å². The number of aliphatic hydroxyl groups is 1. The summed E-state index contributed by atoms with van der Waals surface area (Å²) >= 11 is -3.11. The van der Waals surface area contributed by atoms with Gasteiger partial charge in [-0.05, 0) is 13.8 Å². The Morgan fingerprint density at radius 1 is 1.30 bits per heavy atom. The maximum atomic E-state index is 8.44. The van der Waals surface area contributed by atoms with Crippen LogP contribution < -0.4 is 59.1 Å². The standard InChI is InChI=1S/C3H8O.2Na.H2O3S/c1-3(2)4;;;1-4(2)3/h3-4H,1-2H3;;;(H2,1,2,3)/q;2*+1;/p-2. The predicted octanol–water partition coefficient (Wildman–Crippen LogP) is -6.61. The Labute approximate surface area is 107 Å². The van der Waals surface area contributed by atoms with Gasteiger partial charge in [0.1, 0.15) is 0 Å². The number of rotatable bonds is 0. The van der Waals surface area contributed by atoms with Gasteiger partial charge in [-0.3, -0.25) is 4.21 Å². The second-order valence-corrected chi connectivity index (χ2v) is 1.71. The van der Waals surface area contributed by atoms with Crippen LogP contribution in [-0.2, 0) is 11.4 Å². The summed E-state index contributed by atoms with van der Waals surface area (Å²) in [4.78, 5) is 0. The van der Waals surface area contributed by atoms with Crippen molar-refractivity contribution in [2.45, 2.75) is 20.0 Å². The Morgan fingerprint density at radius 3 is 1.30 bits per heavy atom. The first-order valence-electron chi connectivity index (χ1n) is 1.91. The van der Waals surface area contributed by atoms with E-state index in [9.17, 15) is 0 Å². The van der Waals surface area contributed by atoms with Crippen LogP contribution in [0.25, 0.3) is 0 Å². The summed E-state index contributed by atoms with van der Waals surface area (Å²) in [6.07, 6.45) is -0.167. The van der Waals surface area contributed by atoms with E-state index in [2.05, 4.69) is 0 Å². The minimum atomic E-state index is -3.11. The Kier molecular flexibility index (Phi) is 39.1. The zero-order valence-corrected chi connectivity index (χ0v) is 11.5. The minimum absolute atomic E-state index is 0. The molecule has 0 unspecified atom stereocenters. The van der Waals surface area contributed by atoms with E-state index in [1.165, 1.54) is 0 Å². The first kappa shape index (κ1) is 22.7. The third kappa shape index (κ3) is 198. The van der Waals surface area contributed by atoms with Gasteiger partial charge in [-0.15, -0.1) is 11.4 Å². The Balaban J connectivity index is -0.0000000300. The fourth-order valence-electron chi connectivity index (χ4n) is 0. The minimum Gasteiger partial charge on any atom is -0.784 e. The van der Waals surface area contributed by atoms with Gasteiger partial charge in [-0.1, -0.05) is 0 Å². The van der Waals surface area contributed by atoms with Crippen molar-refractivity contribution in [3.63, 3.8) is 0 Å². The van der Waals surface area contributed by atoms with E-state index in [-0.39, 0.29) is 65.2 Å². The van der Waals surface area contributed by atoms with E-state index in [1.54, 1.807) is 13.8 Å². The molecule has 0 spiro atoms. The third-order valence-corrected chi connectivity index (χ3v) is 0. The summed E-state index contributed by atoms with van der Waals surface area (Å²) in [5.74, 6) is 0. The molecule has 4 nitrogen and oxygen atoms in total. The Morgan fingerprint density at radius 2 is 1.30 bits per heavy atom. The smallest absolute Gasteiger partial charge is 0.784 e. The van der Waals surface area contributed by atoms with Gasteiger partial charge in [0.05, 0.1) is 0 Å². The van der Waals surface area contributed by atoms with E-state index in [4.69, 9.17) is 18.4 Å². The number of aliphatic hydroxyl groups excluding tert-OH is 1. The van der Waals surface area contributed by atoms with Crippen LogP contribution in [0.3, 0.4) is 0 Å². The van der Waals surface area contributed by atoms with Crippen molar-refractivity contribution < 1.29 is 77.5 Å². The van der Waals surface area contributed by atoms with Crippen LogP contribution in [0.5, 0.6) is 0 Å². The Bertz CT molecular complexity index is 62.8. The summed E-state index contributed by atoms with van der Waals surface area (Å²) in [5.41, 5.74) is 0. The molecular weight excluding hydrogens is 178 g/mol. The normalized spacial score (nSPS) is 7.10. The second kappa shape index (κ2) is 17.2. The van der Waals surface area contributed by atoms with Crippen molar-refractivity contribution in [2.75, 3.05) is 0 Å². The maximum Gasteiger partial charge on any atom is 1.00 e. The summed E-state index contributed by atoms with van der Waals surface area (Å²) < 4.78 is 25.3. The molecule has 0 aliphatic carbocycles. The second-order valence-electron chi connectivity index (χ2n) is 1.30. The van der Waals surface area contributed by atoms with Crippen LogP contribution in [0, 0.1) is 0 Å². The quantitative estimate of drug-likeness (QED) is 0.301. The summed E-state index contributed by atoms with van der Waals surface area (Å²) in [6, 6.07) is 0. The van der Waals surface area contributed by atoms with Crippen molar-refractivity contribution in [2.24, 2.45) is 0 Å². The van der Waals surface area contributed by atoms with Crippen LogP contribution in [-0.4, -0.2) is 24.5 Å². The molecule has 0 aromatic carbocycles. The molecule has 0 aromatic heterocycles. The molecule has 0 saturated carbocycles. The molecule has 0 saturated heterocycles. The predicted molar refractivity (Wildman–Crippen MR) is 27.1 cm³/mol. The zero-order valence-electron chi connectivity index (χ0n) is 6.66. The van der Waals surface area contributed by atoms with Crippen molar-refractivity contribution in [1.29, 1.82) is 0 Å². The van der Waals surface area contributed by atoms with Gasteiger partial charge in [-0.25, -0.2) is 0 Å². The molecule has 0 aliphatic heterocycles. The van der Waals surface area contributed by atoms with E-state index in [1.807, 2.05) is 0 Å². The molecule has 0 bridgehead atoms. The molecule has 0 rings (SSSR count). The number of hydrogen-bond donors (Lipinski definition) is 1. The van der Waals surface area contributed by atoms with Crippen molar-refractivity contribution in [3.8, 4) is 0 Å². The van der Waals surface area contributed by atoms with Crippen LogP contribution in [0.2, 0.25) is 0 Å². The number of hydrogen-bond acceptors (Lipinski definition) is 4. The molecule has 0 radical (unpaired) electrons. The fraction of sp³-hybridized carbons (Fsp3) is 1.00. The molecule has 0 fully saturated rings. The summed E-state index contributed by atoms with van der Waals surface area (Å²) in [7, 11) is 0. The van der Waals surface area contributed by atoms with Crippen LogP contribution in [0.15, 0.2) is 0 Å². The topological polar surface area (TPSA) is 83.4 Å². The molecule has 0 amide bonds. The summed E-state index contributed by atoms with van der Waals surface area (Å²) in [6.45, 7) is 3.44. The van der Waals surface area contributed by atoms with E-state index in [0.29, 0.717) is 0 Å². The molecule has 1 N–H and O–H groups in total. The fourth-order valence-corrected chi connectivity index (χ4v) is 0. The van der Waals surface area contributed by atoms with Crippen LogP contribution in [0.1, 0.15) is 13.8 Å².